The van der Waals surface area contributed by atoms with E-state index < -0.39 is 0 Å². The molecule has 1 aliphatic rings. The minimum Gasteiger partial charge on any atom is -0.482 e. The number of nitrogens with zero attached hydrogens (tertiary/aromatic N) is 4. The van der Waals surface area contributed by atoms with Crippen LogP contribution in [-0.2, 0) is 4.79 Å². The number of pyridine rings is 1. The van der Waals surface area contributed by atoms with Crippen LogP contribution in [0.1, 0.15) is 12.5 Å². The Kier molecular flexibility index (Phi) is 6.37. The number of rotatable bonds is 5. The van der Waals surface area contributed by atoms with E-state index in [1.807, 2.05) is 65.5 Å². The molecule has 0 fully saturated rings. The number of hydrogen-bond donors (Lipinski definition) is 1. The van der Waals surface area contributed by atoms with Gasteiger partial charge in [0.2, 0.25) is 4.80 Å². The number of amides is 1. The molecule has 2 aromatic heterocycles. The van der Waals surface area contributed by atoms with Crippen LogP contribution in [-0.4, -0.2) is 27.9 Å². The molecule has 1 aliphatic heterocycles. The molecule has 38 heavy (non-hydrogen) atoms. The molecule has 1 amide bonds. The highest BCUT2D eigenvalue weighted by molar-refractivity contribution is 7.07. The summed E-state index contributed by atoms with van der Waals surface area (Å²) in [7, 11) is 0. The van der Waals surface area contributed by atoms with Crippen LogP contribution in [0.25, 0.3) is 22.4 Å². The molecule has 5 aromatic rings. The molecular formula is C30H23N5O2S. The van der Waals surface area contributed by atoms with Crippen molar-refractivity contribution in [3.8, 4) is 28.1 Å². The zero-order valence-corrected chi connectivity index (χ0v) is 21.4. The zero-order chi connectivity index (χ0) is 25.9. The number of nitrogens with one attached hydrogen (secondary N) is 1. The number of hydrogen-bond acceptors (Lipinski definition) is 6. The van der Waals surface area contributed by atoms with Gasteiger partial charge in [-0.05, 0) is 53.9 Å². The van der Waals surface area contributed by atoms with Gasteiger partial charge in [0, 0.05) is 17.1 Å². The maximum absolute atomic E-state index is 11.9. The molecule has 186 valence electrons. The summed E-state index contributed by atoms with van der Waals surface area (Å²) in [4.78, 5) is 21.6. The Labute approximate surface area is 223 Å². The molecule has 0 spiro atoms. The smallest absolute Gasteiger partial charge is 0.262 e. The third kappa shape index (κ3) is 4.89. The third-order valence-electron chi connectivity index (χ3n) is 6.12. The van der Waals surface area contributed by atoms with Gasteiger partial charge in [-0.3, -0.25) is 9.78 Å². The molecule has 0 atom stereocenters. The van der Waals surface area contributed by atoms with E-state index in [1.165, 1.54) is 16.9 Å². The number of carbonyl (C=O) groups excluding carboxylic acids is 1. The second kappa shape index (κ2) is 10.3. The molecule has 7 nitrogen and oxygen atoms in total. The van der Waals surface area contributed by atoms with E-state index in [-0.39, 0.29) is 12.5 Å². The fraction of sp³-hybridized carbons (Fsp3) is 0.0667. The molecule has 0 unspecified atom stereocenters. The van der Waals surface area contributed by atoms with Gasteiger partial charge >= 0.3 is 0 Å². The van der Waals surface area contributed by atoms with Crippen molar-refractivity contribution in [2.75, 3.05) is 11.9 Å². The number of benzene rings is 3. The number of aromatic nitrogens is 2. The van der Waals surface area contributed by atoms with Gasteiger partial charge < -0.3 is 10.1 Å². The van der Waals surface area contributed by atoms with E-state index in [4.69, 9.17) is 14.8 Å². The van der Waals surface area contributed by atoms with E-state index in [9.17, 15) is 4.79 Å². The molecule has 1 N–H and O–H groups in total. The Morgan fingerprint density at radius 3 is 2.55 bits per heavy atom. The van der Waals surface area contributed by atoms with E-state index in [0.29, 0.717) is 16.2 Å². The van der Waals surface area contributed by atoms with Gasteiger partial charge in [-0.2, -0.15) is 5.10 Å². The topological polar surface area (TPSA) is 80.9 Å². The fourth-order valence-corrected chi connectivity index (χ4v) is 5.04. The van der Waals surface area contributed by atoms with Crippen molar-refractivity contribution in [1.82, 2.24) is 9.66 Å². The second-order valence-electron chi connectivity index (χ2n) is 8.71. The Balaban J connectivity index is 1.43. The van der Waals surface area contributed by atoms with Crippen molar-refractivity contribution in [3.63, 3.8) is 0 Å². The molecular weight excluding hydrogens is 494 g/mol. The Hall–Kier alpha value is -4.82. The lowest BCUT2D eigenvalue weighted by Gasteiger charge is -2.18. The van der Waals surface area contributed by atoms with Crippen LogP contribution >= 0.6 is 11.3 Å². The van der Waals surface area contributed by atoms with Crippen LogP contribution in [0.2, 0.25) is 0 Å². The normalized spacial score (nSPS) is 13.6. The largest absolute Gasteiger partial charge is 0.482 e. The SMILES string of the molecule is CC(=Nn1c(-c2ccc3c(c2)NC(=O)CO3)csc1=Nc1cccnc1)c1ccc(-c2ccccc2)cc1. The van der Waals surface area contributed by atoms with E-state index >= 15 is 0 Å². The maximum Gasteiger partial charge on any atom is 0.262 e. The summed E-state index contributed by atoms with van der Waals surface area (Å²) < 4.78 is 7.37. The highest BCUT2D eigenvalue weighted by Gasteiger charge is 2.18. The van der Waals surface area contributed by atoms with Crippen LogP contribution in [0, 0.1) is 0 Å². The van der Waals surface area contributed by atoms with Crippen LogP contribution in [0.15, 0.2) is 113 Å². The average Bonchev–Trinajstić information content (AvgIpc) is 3.35. The summed E-state index contributed by atoms with van der Waals surface area (Å²) in [6, 6.07) is 28.1. The van der Waals surface area contributed by atoms with Gasteiger partial charge in [0.1, 0.15) is 5.75 Å². The Morgan fingerprint density at radius 1 is 0.974 bits per heavy atom. The van der Waals surface area contributed by atoms with Crippen molar-refractivity contribution >= 4 is 34.3 Å². The summed E-state index contributed by atoms with van der Waals surface area (Å²) >= 11 is 1.48. The first-order chi connectivity index (χ1) is 18.6. The van der Waals surface area contributed by atoms with Crippen LogP contribution in [0.5, 0.6) is 5.75 Å². The van der Waals surface area contributed by atoms with Gasteiger partial charge in [0.15, 0.2) is 6.61 Å². The quantitative estimate of drug-likeness (QED) is 0.286. The van der Waals surface area contributed by atoms with Gasteiger partial charge in [-0.25, -0.2) is 9.67 Å². The monoisotopic (exact) mass is 517 g/mol. The van der Waals surface area contributed by atoms with Gasteiger partial charge in [0.05, 0.1) is 29.0 Å². The van der Waals surface area contributed by atoms with Crippen molar-refractivity contribution < 1.29 is 9.53 Å². The lowest BCUT2D eigenvalue weighted by molar-refractivity contribution is -0.118. The zero-order valence-electron chi connectivity index (χ0n) is 20.5. The molecule has 3 aromatic carbocycles. The number of anilines is 1. The average molecular weight is 518 g/mol. The number of carbonyl (C=O) groups is 1. The Bertz CT molecular complexity index is 1710. The van der Waals surface area contributed by atoms with E-state index in [2.05, 4.69) is 46.7 Å². The standard InChI is InChI=1S/C30H23N5O2S/c1-20(21-9-11-23(12-10-21)22-6-3-2-4-7-22)34-35-27(19-38-30(35)32-25-8-5-15-31-17-25)24-13-14-28-26(16-24)33-29(36)18-37-28/h2-17,19H,18H2,1H3,(H,33,36). The van der Waals surface area contributed by atoms with Gasteiger partial charge in [-0.15, -0.1) is 11.3 Å². The highest BCUT2D eigenvalue weighted by atomic mass is 32.1. The maximum atomic E-state index is 11.9. The summed E-state index contributed by atoms with van der Waals surface area (Å²) in [6.45, 7) is 2.01. The van der Waals surface area contributed by atoms with Crippen molar-refractivity contribution in [2.24, 2.45) is 10.1 Å². The van der Waals surface area contributed by atoms with E-state index in [1.54, 1.807) is 12.4 Å². The van der Waals surface area contributed by atoms with Gasteiger partial charge in [0.25, 0.3) is 5.91 Å². The first-order valence-electron chi connectivity index (χ1n) is 12.1. The molecule has 0 radical (unpaired) electrons. The lowest BCUT2D eigenvalue weighted by Crippen LogP contribution is -2.25. The summed E-state index contributed by atoms with van der Waals surface area (Å²) in [5.41, 5.74) is 7.27. The van der Waals surface area contributed by atoms with Crippen LogP contribution in [0.4, 0.5) is 11.4 Å². The summed E-state index contributed by atoms with van der Waals surface area (Å²) in [6.07, 6.45) is 3.44. The van der Waals surface area contributed by atoms with Crippen molar-refractivity contribution in [1.29, 1.82) is 0 Å². The molecule has 0 saturated heterocycles. The third-order valence-corrected chi connectivity index (χ3v) is 6.94. The molecule has 3 heterocycles. The molecule has 0 aliphatic carbocycles. The number of ether oxygens (including phenoxy) is 1. The molecule has 8 heteroatoms. The first kappa shape index (κ1) is 23.6. The molecule has 0 bridgehead atoms. The second-order valence-corrected chi connectivity index (χ2v) is 9.55. The minimum absolute atomic E-state index is 0.0193. The number of thiazole rings is 1. The summed E-state index contributed by atoms with van der Waals surface area (Å²) in [5.74, 6) is 0.474. The number of fused-ring (bicyclic) bond motifs is 1. The highest BCUT2D eigenvalue weighted by Crippen LogP contribution is 2.33. The minimum atomic E-state index is -0.173. The molecule has 0 saturated carbocycles. The predicted octanol–water partition coefficient (Wildman–Crippen LogP) is 6.11. The van der Waals surface area contributed by atoms with E-state index in [0.717, 1.165) is 33.8 Å². The fourth-order valence-electron chi connectivity index (χ4n) is 4.19. The summed E-state index contributed by atoms with van der Waals surface area (Å²) in [5, 5.41) is 9.90. The molecule has 6 rings (SSSR count). The lowest BCUT2D eigenvalue weighted by atomic mass is 10.0. The predicted molar refractivity (Wildman–Crippen MR) is 151 cm³/mol. The Morgan fingerprint density at radius 2 is 1.76 bits per heavy atom. The van der Waals surface area contributed by atoms with Gasteiger partial charge in [-0.1, -0.05) is 54.6 Å². The van der Waals surface area contributed by atoms with Crippen molar-refractivity contribution in [3.05, 3.63) is 113 Å². The van der Waals surface area contributed by atoms with Crippen molar-refractivity contribution in [2.45, 2.75) is 6.92 Å². The first-order valence-corrected chi connectivity index (χ1v) is 13.0. The van der Waals surface area contributed by atoms with Crippen LogP contribution < -0.4 is 14.9 Å². The van der Waals surface area contributed by atoms with Crippen LogP contribution in [0.3, 0.4) is 0 Å².